The molecule has 0 spiro atoms. The lowest BCUT2D eigenvalue weighted by Crippen LogP contribution is -2.50. The van der Waals surface area contributed by atoms with Crippen molar-refractivity contribution < 1.29 is 38.9 Å². The highest BCUT2D eigenvalue weighted by molar-refractivity contribution is 5.92. The van der Waals surface area contributed by atoms with Crippen LogP contribution in [0.25, 0.3) is 0 Å². The molecule has 0 unspecified atom stereocenters. The van der Waals surface area contributed by atoms with Crippen molar-refractivity contribution in [1.82, 2.24) is 21.3 Å². The number of amides is 4. The molecule has 0 bridgehead atoms. The van der Waals surface area contributed by atoms with E-state index in [4.69, 9.17) is 10.5 Å². The Balaban J connectivity index is 5.18. The first kappa shape index (κ1) is 62.2. The summed E-state index contributed by atoms with van der Waals surface area (Å²) in [5.41, 5.74) is 5.59. The van der Waals surface area contributed by atoms with E-state index in [1.165, 1.54) is 109 Å². The van der Waals surface area contributed by atoms with Crippen LogP contribution in [0.3, 0.4) is 0 Å². The molecular weight excluding hydrogens is 823 g/mol. The van der Waals surface area contributed by atoms with Gasteiger partial charge in [0.2, 0.25) is 23.6 Å². The van der Waals surface area contributed by atoms with E-state index in [9.17, 15) is 34.2 Å². The summed E-state index contributed by atoms with van der Waals surface area (Å²) >= 11 is 0. The quantitative estimate of drug-likeness (QED) is 0.0229. The molecule has 0 saturated carbocycles. The van der Waals surface area contributed by atoms with E-state index in [0.29, 0.717) is 51.6 Å². The fourth-order valence-corrected chi connectivity index (χ4v) is 8.15. The molecular formula is C52H101N5O8. The van der Waals surface area contributed by atoms with Crippen LogP contribution in [0.5, 0.6) is 0 Å². The van der Waals surface area contributed by atoms with Gasteiger partial charge in [0, 0.05) is 19.5 Å². The highest BCUT2D eigenvalue weighted by Crippen LogP contribution is 2.17. The summed E-state index contributed by atoms with van der Waals surface area (Å²) in [5.74, 6) is -2.04. The topological polar surface area (TPSA) is 209 Å². The maximum Gasteiger partial charge on any atom is 0.306 e. The standard InChI is InChI=1S/C52H101N5O8/c1-4-7-10-13-16-19-22-25-28-34-45(59)40-49(61)56-44(43-58)33-31-38-55-52(64)47(42-48(60)54-39-32-37-53)57-50(62)41-46(35-29-26-23-20-17-14-11-8-5-2)65-51(63)36-30-27-24-21-18-15-12-9-6-3/h44-47,58-59H,4-43,53H2,1-3H3,(H,54,60)(H,55,64)(H,56,61)(H,57,62)/t44-,45-,46-,47-/m1/s1. The van der Waals surface area contributed by atoms with Crippen LogP contribution in [0, 0.1) is 0 Å². The van der Waals surface area contributed by atoms with Gasteiger partial charge in [-0.05, 0) is 51.5 Å². The van der Waals surface area contributed by atoms with Gasteiger partial charge >= 0.3 is 5.97 Å². The molecule has 0 aliphatic rings. The Hall–Kier alpha value is -2.77. The molecule has 4 atom stereocenters. The van der Waals surface area contributed by atoms with Crippen LogP contribution < -0.4 is 27.0 Å². The van der Waals surface area contributed by atoms with Gasteiger partial charge in [-0.3, -0.25) is 24.0 Å². The SMILES string of the molecule is CCCCCCCCCCCC(=O)O[C@H](CCCCCCCCCCC)CC(=O)N[C@H](CC(=O)NCCCN)C(=O)NCCC[C@H](CO)NC(=O)C[C@H](O)CCCCCCCCCCC. The second kappa shape index (κ2) is 46.3. The Kier molecular flexibility index (Phi) is 44.4. The number of nitrogens with two attached hydrogens (primary N) is 1. The van der Waals surface area contributed by atoms with Crippen LogP contribution in [0.4, 0.5) is 0 Å². The molecule has 0 aromatic heterocycles. The predicted molar refractivity (Wildman–Crippen MR) is 265 cm³/mol. The van der Waals surface area contributed by atoms with E-state index in [1.54, 1.807) is 0 Å². The molecule has 13 heteroatoms. The largest absolute Gasteiger partial charge is 0.462 e. The van der Waals surface area contributed by atoms with E-state index in [-0.39, 0.29) is 44.3 Å². The van der Waals surface area contributed by atoms with Gasteiger partial charge < -0.3 is 42.0 Å². The van der Waals surface area contributed by atoms with Gasteiger partial charge in [-0.15, -0.1) is 0 Å². The molecule has 0 saturated heterocycles. The zero-order valence-electron chi connectivity index (χ0n) is 42.0. The molecule has 382 valence electrons. The van der Waals surface area contributed by atoms with Crippen LogP contribution in [0.15, 0.2) is 0 Å². The molecule has 0 aliphatic heterocycles. The van der Waals surface area contributed by atoms with E-state index in [0.717, 1.165) is 64.2 Å². The molecule has 0 heterocycles. The van der Waals surface area contributed by atoms with E-state index >= 15 is 0 Å². The molecule has 0 aromatic rings. The number of ether oxygens (including phenoxy) is 1. The molecule has 0 rings (SSSR count). The average Bonchev–Trinajstić information content (AvgIpc) is 3.27. The van der Waals surface area contributed by atoms with E-state index < -0.39 is 42.0 Å². The molecule has 65 heavy (non-hydrogen) atoms. The number of carbonyl (C=O) groups is 5. The van der Waals surface area contributed by atoms with Gasteiger partial charge in [0.05, 0.1) is 38.0 Å². The molecule has 8 N–H and O–H groups in total. The minimum atomic E-state index is -1.16. The first-order valence-corrected chi connectivity index (χ1v) is 26.9. The Morgan fingerprint density at radius 3 is 1.46 bits per heavy atom. The van der Waals surface area contributed by atoms with E-state index in [1.807, 2.05) is 0 Å². The van der Waals surface area contributed by atoms with Crippen molar-refractivity contribution in [1.29, 1.82) is 0 Å². The second-order valence-corrected chi connectivity index (χ2v) is 18.7. The molecule has 4 amide bonds. The third-order valence-corrected chi connectivity index (χ3v) is 12.2. The number of carbonyl (C=O) groups excluding carboxylic acids is 5. The lowest BCUT2D eigenvalue weighted by Gasteiger charge is -2.22. The summed E-state index contributed by atoms with van der Waals surface area (Å²) in [6.07, 6.45) is 32.2. The summed E-state index contributed by atoms with van der Waals surface area (Å²) in [7, 11) is 0. The Morgan fingerprint density at radius 2 is 0.954 bits per heavy atom. The number of aliphatic hydroxyl groups is 2. The molecule has 13 nitrogen and oxygen atoms in total. The average molecular weight is 924 g/mol. The van der Waals surface area contributed by atoms with Crippen molar-refractivity contribution >= 4 is 29.6 Å². The van der Waals surface area contributed by atoms with Gasteiger partial charge in [0.25, 0.3) is 0 Å². The van der Waals surface area contributed by atoms with Crippen LogP contribution in [-0.4, -0.2) is 90.3 Å². The Labute approximate surface area is 396 Å². The number of unbranched alkanes of at least 4 members (excludes halogenated alkanes) is 24. The van der Waals surface area contributed by atoms with Gasteiger partial charge in [-0.1, -0.05) is 181 Å². The molecule has 0 radical (unpaired) electrons. The Bertz CT molecular complexity index is 1160. The number of aliphatic hydroxyl groups excluding tert-OH is 2. The van der Waals surface area contributed by atoms with Gasteiger partial charge in [-0.25, -0.2) is 0 Å². The zero-order valence-corrected chi connectivity index (χ0v) is 42.0. The van der Waals surface area contributed by atoms with Crippen molar-refractivity contribution in [2.75, 3.05) is 26.2 Å². The molecule has 0 aliphatic carbocycles. The van der Waals surface area contributed by atoms with Crippen LogP contribution >= 0.6 is 0 Å². The second-order valence-electron chi connectivity index (χ2n) is 18.7. The highest BCUT2D eigenvalue weighted by atomic mass is 16.5. The normalized spacial score (nSPS) is 13.1. The number of hydrogen-bond acceptors (Lipinski definition) is 9. The fraction of sp³-hybridized carbons (Fsp3) is 0.904. The van der Waals surface area contributed by atoms with E-state index in [2.05, 4.69) is 42.0 Å². The lowest BCUT2D eigenvalue weighted by molar-refractivity contribution is -0.151. The van der Waals surface area contributed by atoms with Crippen LogP contribution in [-0.2, 0) is 28.7 Å². The van der Waals surface area contributed by atoms with Crippen molar-refractivity contribution in [2.45, 2.75) is 276 Å². The number of esters is 1. The van der Waals surface area contributed by atoms with Crippen LogP contribution in [0.1, 0.15) is 252 Å². The minimum absolute atomic E-state index is 0.0302. The minimum Gasteiger partial charge on any atom is -0.462 e. The third kappa shape index (κ3) is 41.2. The maximum absolute atomic E-state index is 13.5. The third-order valence-electron chi connectivity index (χ3n) is 12.2. The first-order valence-electron chi connectivity index (χ1n) is 26.9. The summed E-state index contributed by atoms with van der Waals surface area (Å²) in [5, 5.41) is 31.5. The monoisotopic (exact) mass is 924 g/mol. The first-order chi connectivity index (χ1) is 31.6. The Morgan fingerprint density at radius 1 is 0.492 bits per heavy atom. The molecule has 0 aromatic carbocycles. The van der Waals surface area contributed by atoms with Crippen molar-refractivity contribution in [2.24, 2.45) is 5.73 Å². The lowest BCUT2D eigenvalue weighted by atomic mass is 10.0. The van der Waals surface area contributed by atoms with Crippen molar-refractivity contribution in [3.63, 3.8) is 0 Å². The number of nitrogens with one attached hydrogen (secondary N) is 4. The molecule has 0 fully saturated rings. The highest BCUT2D eigenvalue weighted by Gasteiger charge is 2.26. The zero-order chi connectivity index (χ0) is 48.0. The van der Waals surface area contributed by atoms with Gasteiger partial charge in [0.1, 0.15) is 12.1 Å². The summed E-state index contributed by atoms with van der Waals surface area (Å²) in [6, 6.07) is -1.71. The van der Waals surface area contributed by atoms with Crippen molar-refractivity contribution in [3.05, 3.63) is 0 Å². The van der Waals surface area contributed by atoms with Gasteiger partial charge in [-0.2, -0.15) is 0 Å². The summed E-state index contributed by atoms with van der Waals surface area (Å²) in [4.78, 5) is 65.5. The summed E-state index contributed by atoms with van der Waals surface area (Å²) < 4.78 is 5.90. The number of rotatable bonds is 48. The van der Waals surface area contributed by atoms with Crippen LogP contribution in [0.2, 0.25) is 0 Å². The number of hydrogen-bond donors (Lipinski definition) is 7. The van der Waals surface area contributed by atoms with Crippen molar-refractivity contribution in [3.8, 4) is 0 Å². The predicted octanol–water partition coefficient (Wildman–Crippen LogP) is 9.52. The fourth-order valence-electron chi connectivity index (χ4n) is 8.15. The van der Waals surface area contributed by atoms with Gasteiger partial charge in [0.15, 0.2) is 0 Å². The summed E-state index contributed by atoms with van der Waals surface area (Å²) in [6.45, 7) is 7.28. The maximum atomic E-state index is 13.5. The smallest absolute Gasteiger partial charge is 0.306 e.